The molecule has 0 aliphatic carbocycles. The topological polar surface area (TPSA) is 87.7 Å². The van der Waals surface area contributed by atoms with E-state index in [1.165, 1.54) is 12.1 Å². The van der Waals surface area contributed by atoms with E-state index in [4.69, 9.17) is 4.74 Å². The number of benzene rings is 2. The molecule has 0 heterocycles. The van der Waals surface area contributed by atoms with Gasteiger partial charge in [-0.1, -0.05) is 0 Å². The van der Waals surface area contributed by atoms with Crippen molar-refractivity contribution in [2.75, 3.05) is 38.5 Å². The minimum absolute atomic E-state index is 0.119. The minimum atomic E-state index is -3.72. The highest BCUT2D eigenvalue weighted by Crippen LogP contribution is 2.20. The lowest BCUT2D eigenvalue weighted by Gasteiger charge is -2.17. The number of hydrogen-bond acceptors (Lipinski definition) is 5. The van der Waals surface area contributed by atoms with Crippen molar-refractivity contribution in [3.8, 4) is 5.75 Å². The highest BCUT2D eigenvalue weighted by Gasteiger charge is 2.15. The zero-order chi connectivity index (χ0) is 19.9. The quantitative estimate of drug-likeness (QED) is 0.684. The van der Waals surface area contributed by atoms with Crippen LogP contribution >= 0.6 is 0 Å². The maximum Gasteiger partial charge on any atom is 0.261 e. The van der Waals surface area contributed by atoms with Crippen molar-refractivity contribution in [2.24, 2.45) is 0 Å². The number of rotatable bonds is 9. The van der Waals surface area contributed by atoms with Crippen LogP contribution in [0.4, 0.5) is 5.69 Å². The van der Waals surface area contributed by atoms with Gasteiger partial charge in [0.05, 0.1) is 11.5 Å². The van der Waals surface area contributed by atoms with Gasteiger partial charge < -0.3 is 15.0 Å². The van der Waals surface area contributed by atoms with Gasteiger partial charge in [0.25, 0.3) is 15.9 Å². The molecule has 0 fully saturated rings. The number of carbonyl (C=O) groups excluding carboxylic acids is 1. The SMILES string of the molecule is CCOc1ccc(S(=O)(=O)Nc2ccc(C(=O)N(C)CCNC)cc2)cc1. The number of sulfonamides is 1. The van der Waals surface area contributed by atoms with Gasteiger partial charge in [0, 0.05) is 31.4 Å². The van der Waals surface area contributed by atoms with Crippen molar-refractivity contribution in [1.29, 1.82) is 0 Å². The molecule has 0 radical (unpaired) electrons. The predicted octanol–water partition coefficient (Wildman–Crippen LogP) is 2.18. The van der Waals surface area contributed by atoms with E-state index in [9.17, 15) is 13.2 Å². The van der Waals surface area contributed by atoms with Crippen LogP contribution in [-0.2, 0) is 10.0 Å². The molecule has 0 bridgehead atoms. The van der Waals surface area contributed by atoms with Crippen LogP contribution in [0.5, 0.6) is 5.75 Å². The first-order chi connectivity index (χ1) is 12.9. The maximum absolute atomic E-state index is 12.5. The molecule has 0 saturated carbocycles. The molecule has 8 heteroatoms. The fourth-order valence-corrected chi connectivity index (χ4v) is 3.44. The minimum Gasteiger partial charge on any atom is -0.494 e. The highest BCUT2D eigenvalue weighted by atomic mass is 32.2. The molecule has 0 unspecified atom stereocenters. The lowest BCUT2D eigenvalue weighted by molar-refractivity contribution is 0.0797. The molecule has 0 spiro atoms. The Morgan fingerprint density at radius 3 is 2.26 bits per heavy atom. The van der Waals surface area contributed by atoms with Crippen LogP contribution in [0.3, 0.4) is 0 Å². The van der Waals surface area contributed by atoms with Gasteiger partial charge in [0.2, 0.25) is 0 Å². The summed E-state index contributed by atoms with van der Waals surface area (Å²) in [5, 5.41) is 2.99. The van der Waals surface area contributed by atoms with E-state index >= 15 is 0 Å². The molecule has 27 heavy (non-hydrogen) atoms. The largest absolute Gasteiger partial charge is 0.494 e. The zero-order valence-electron chi connectivity index (χ0n) is 15.7. The normalized spacial score (nSPS) is 11.1. The van der Waals surface area contributed by atoms with Crippen LogP contribution in [-0.4, -0.2) is 53.0 Å². The molecule has 2 aromatic rings. The Hall–Kier alpha value is -2.58. The Balaban J connectivity index is 2.07. The Kier molecular flexibility index (Phi) is 7.20. The molecule has 0 aliphatic heterocycles. The second-order valence-electron chi connectivity index (χ2n) is 5.92. The summed E-state index contributed by atoms with van der Waals surface area (Å²) >= 11 is 0. The molecular weight excluding hydrogens is 366 g/mol. The van der Waals surface area contributed by atoms with E-state index < -0.39 is 10.0 Å². The first-order valence-corrected chi connectivity index (χ1v) is 10.1. The molecular formula is C19H25N3O4S. The van der Waals surface area contributed by atoms with E-state index in [0.717, 1.165) is 0 Å². The summed E-state index contributed by atoms with van der Waals surface area (Å²) in [5.41, 5.74) is 0.885. The Morgan fingerprint density at radius 1 is 1.07 bits per heavy atom. The van der Waals surface area contributed by atoms with E-state index in [0.29, 0.717) is 36.7 Å². The Morgan fingerprint density at radius 2 is 1.70 bits per heavy atom. The predicted molar refractivity (Wildman–Crippen MR) is 106 cm³/mol. The number of hydrogen-bond donors (Lipinski definition) is 2. The monoisotopic (exact) mass is 391 g/mol. The van der Waals surface area contributed by atoms with E-state index in [1.54, 1.807) is 48.3 Å². The third-order valence-electron chi connectivity index (χ3n) is 3.87. The summed E-state index contributed by atoms with van der Waals surface area (Å²) in [7, 11) is -0.168. The number of carbonyl (C=O) groups is 1. The molecule has 0 aliphatic rings. The number of amides is 1. The van der Waals surface area contributed by atoms with Crippen molar-refractivity contribution in [3.05, 3.63) is 54.1 Å². The average molecular weight is 391 g/mol. The lowest BCUT2D eigenvalue weighted by atomic mass is 10.2. The van der Waals surface area contributed by atoms with Crippen LogP contribution < -0.4 is 14.8 Å². The van der Waals surface area contributed by atoms with Crippen LogP contribution in [0.1, 0.15) is 17.3 Å². The van der Waals surface area contributed by atoms with Crippen LogP contribution in [0, 0.1) is 0 Å². The Labute approximate surface area is 160 Å². The van der Waals surface area contributed by atoms with Crippen LogP contribution in [0.2, 0.25) is 0 Å². The summed E-state index contributed by atoms with van der Waals surface area (Å²) < 4.78 is 32.8. The number of anilines is 1. The van der Waals surface area contributed by atoms with Crippen LogP contribution in [0.25, 0.3) is 0 Å². The number of nitrogens with one attached hydrogen (secondary N) is 2. The fourth-order valence-electron chi connectivity index (χ4n) is 2.38. The summed E-state index contributed by atoms with van der Waals surface area (Å²) in [6, 6.07) is 12.6. The molecule has 0 atom stereocenters. The van der Waals surface area contributed by atoms with E-state index in [-0.39, 0.29) is 10.8 Å². The van der Waals surface area contributed by atoms with Gasteiger partial charge in [-0.25, -0.2) is 8.42 Å². The van der Waals surface area contributed by atoms with Gasteiger partial charge >= 0.3 is 0 Å². The fraction of sp³-hybridized carbons (Fsp3) is 0.316. The smallest absolute Gasteiger partial charge is 0.261 e. The van der Waals surface area contributed by atoms with Gasteiger partial charge in [0.1, 0.15) is 5.75 Å². The van der Waals surface area contributed by atoms with E-state index in [2.05, 4.69) is 10.0 Å². The van der Waals surface area contributed by atoms with Crippen molar-refractivity contribution < 1.29 is 17.9 Å². The first kappa shape index (κ1) is 20.7. The number of likely N-dealkylation sites (N-methyl/N-ethyl adjacent to an activating group) is 2. The highest BCUT2D eigenvalue weighted by molar-refractivity contribution is 7.92. The van der Waals surface area contributed by atoms with Gasteiger partial charge in [-0.2, -0.15) is 0 Å². The first-order valence-electron chi connectivity index (χ1n) is 8.63. The van der Waals surface area contributed by atoms with Gasteiger partial charge in [-0.05, 0) is 62.5 Å². The van der Waals surface area contributed by atoms with Gasteiger partial charge in [0.15, 0.2) is 0 Å². The summed E-state index contributed by atoms with van der Waals surface area (Å²) in [4.78, 5) is 14.0. The average Bonchev–Trinajstić information content (AvgIpc) is 2.66. The van der Waals surface area contributed by atoms with Crippen molar-refractivity contribution >= 4 is 21.6 Å². The second kappa shape index (κ2) is 9.38. The molecule has 7 nitrogen and oxygen atoms in total. The van der Waals surface area contributed by atoms with Crippen molar-refractivity contribution in [3.63, 3.8) is 0 Å². The third kappa shape index (κ3) is 5.70. The molecule has 146 valence electrons. The van der Waals surface area contributed by atoms with Crippen molar-refractivity contribution in [1.82, 2.24) is 10.2 Å². The van der Waals surface area contributed by atoms with Crippen LogP contribution in [0.15, 0.2) is 53.4 Å². The Bertz CT molecular complexity index is 850. The molecule has 0 saturated heterocycles. The maximum atomic E-state index is 12.5. The molecule has 0 aromatic heterocycles. The van der Waals surface area contributed by atoms with Gasteiger partial charge in [-0.3, -0.25) is 9.52 Å². The lowest BCUT2D eigenvalue weighted by Crippen LogP contribution is -2.32. The molecule has 2 rings (SSSR count). The number of nitrogens with zero attached hydrogens (tertiary/aromatic N) is 1. The zero-order valence-corrected chi connectivity index (χ0v) is 16.5. The van der Waals surface area contributed by atoms with Crippen molar-refractivity contribution in [2.45, 2.75) is 11.8 Å². The van der Waals surface area contributed by atoms with E-state index in [1.807, 2.05) is 14.0 Å². The standard InChI is InChI=1S/C19H25N3O4S/c1-4-26-17-9-11-18(12-10-17)27(24,25)21-16-7-5-15(6-8-16)19(23)22(3)14-13-20-2/h5-12,20-21H,4,13-14H2,1-3H3. The molecule has 2 N–H and O–H groups in total. The van der Waals surface area contributed by atoms with Gasteiger partial charge in [-0.15, -0.1) is 0 Å². The second-order valence-corrected chi connectivity index (χ2v) is 7.60. The summed E-state index contributed by atoms with van der Waals surface area (Å²) in [6.45, 7) is 3.66. The summed E-state index contributed by atoms with van der Waals surface area (Å²) in [6.07, 6.45) is 0. The molecule has 1 amide bonds. The third-order valence-corrected chi connectivity index (χ3v) is 5.27. The number of ether oxygens (including phenoxy) is 1. The summed E-state index contributed by atoms with van der Waals surface area (Å²) in [5.74, 6) is 0.493. The molecule has 2 aromatic carbocycles.